The number of nitrogens with two attached hydrogens (primary N) is 1. The van der Waals surface area contributed by atoms with Crippen molar-refractivity contribution in [3.63, 3.8) is 0 Å². The minimum absolute atomic E-state index is 0.0884. The molecule has 0 atom stereocenters. The minimum atomic E-state index is -0.335. The molecule has 1 aromatic heterocycles. The first kappa shape index (κ1) is 21.6. The van der Waals surface area contributed by atoms with E-state index in [0.29, 0.717) is 40.4 Å². The lowest BCUT2D eigenvalue weighted by Crippen LogP contribution is -2.14. The van der Waals surface area contributed by atoms with Gasteiger partial charge in [0.15, 0.2) is 0 Å². The van der Waals surface area contributed by atoms with Gasteiger partial charge in [-0.2, -0.15) is 0 Å². The van der Waals surface area contributed by atoms with Gasteiger partial charge in [0, 0.05) is 16.3 Å². The second-order valence-electron chi connectivity index (χ2n) is 6.80. The summed E-state index contributed by atoms with van der Waals surface area (Å²) < 4.78 is 11.1. The van der Waals surface area contributed by atoms with Crippen molar-refractivity contribution in [2.45, 2.75) is 36.0 Å². The van der Waals surface area contributed by atoms with Crippen LogP contribution in [0, 0.1) is 0 Å². The zero-order valence-corrected chi connectivity index (χ0v) is 18.1. The number of hydrogen-bond acceptors (Lipinski definition) is 6. The van der Waals surface area contributed by atoms with Crippen LogP contribution in [0.3, 0.4) is 0 Å². The van der Waals surface area contributed by atoms with Crippen LogP contribution in [0.15, 0.2) is 57.1 Å². The molecule has 0 saturated carbocycles. The number of aromatic nitrogens is 1. The second-order valence-corrected chi connectivity index (χ2v) is 7.88. The lowest BCUT2D eigenvalue weighted by molar-refractivity contribution is 0.396. The Morgan fingerprint density at radius 3 is 2.23 bits per heavy atom. The molecule has 0 aliphatic heterocycles. The molecule has 0 fully saturated rings. The van der Waals surface area contributed by atoms with Crippen LogP contribution in [0.5, 0.6) is 17.2 Å². The summed E-state index contributed by atoms with van der Waals surface area (Å²) in [4.78, 5) is 16.9. The van der Waals surface area contributed by atoms with Gasteiger partial charge in [0.05, 0.1) is 25.3 Å². The largest absolute Gasteiger partial charge is 0.506 e. The molecule has 7 heteroatoms. The van der Waals surface area contributed by atoms with Crippen molar-refractivity contribution in [2.24, 2.45) is 0 Å². The van der Waals surface area contributed by atoms with Gasteiger partial charge in [0.25, 0.3) is 5.56 Å². The van der Waals surface area contributed by atoms with Gasteiger partial charge in [0.1, 0.15) is 22.1 Å². The van der Waals surface area contributed by atoms with Crippen LogP contribution in [0.2, 0.25) is 0 Å². The molecule has 30 heavy (non-hydrogen) atoms. The first-order chi connectivity index (χ1) is 14.5. The van der Waals surface area contributed by atoms with Gasteiger partial charge in [-0.3, -0.25) is 4.79 Å². The van der Waals surface area contributed by atoms with E-state index in [1.165, 1.54) is 11.8 Å². The topological polar surface area (TPSA) is 97.6 Å². The van der Waals surface area contributed by atoms with Crippen LogP contribution in [0.25, 0.3) is 11.1 Å². The zero-order chi connectivity index (χ0) is 21.7. The minimum Gasteiger partial charge on any atom is -0.506 e. The first-order valence-corrected chi connectivity index (χ1v) is 10.5. The van der Waals surface area contributed by atoms with Gasteiger partial charge in [-0.15, -0.1) is 0 Å². The van der Waals surface area contributed by atoms with Crippen molar-refractivity contribution >= 4 is 17.4 Å². The molecule has 3 rings (SSSR count). The lowest BCUT2D eigenvalue weighted by Gasteiger charge is -2.19. The molecular weight excluding hydrogens is 400 g/mol. The quantitative estimate of drug-likeness (QED) is 0.446. The Hall–Kier alpha value is -3.06. The van der Waals surface area contributed by atoms with Crippen LogP contribution in [-0.4, -0.2) is 24.3 Å². The highest BCUT2D eigenvalue weighted by Crippen LogP contribution is 2.47. The molecule has 0 amide bonds. The predicted molar refractivity (Wildman–Crippen MR) is 121 cm³/mol. The van der Waals surface area contributed by atoms with E-state index in [2.05, 4.69) is 11.9 Å². The van der Waals surface area contributed by atoms with Crippen LogP contribution in [0.1, 0.15) is 25.5 Å². The fourth-order valence-corrected chi connectivity index (χ4v) is 4.13. The number of methoxy groups -OCH3 is 2. The monoisotopic (exact) mass is 426 g/mol. The van der Waals surface area contributed by atoms with E-state index in [1.807, 2.05) is 18.2 Å². The summed E-state index contributed by atoms with van der Waals surface area (Å²) in [6.07, 6.45) is 2.43. The number of aryl methyl sites for hydroxylation is 1. The number of hydrogen-bond donors (Lipinski definition) is 3. The molecule has 6 nitrogen and oxygen atoms in total. The Balaban J connectivity index is 2.25. The molecule has 0 aliphatic rings. The molecule has 4 N–H and O–H groups in total. The molecule has 0 unspecified atom stereocenters. The molecule has 0 saturated heterocycles. The van der Waals surface area contributed by atoms with E-state index < -0.39 is 0 Å². The lowest BCUT2D eigenvalue weighted by atomic mass is 9.98. The maximum atomic E-state index is 12.9. The predicted octanol–water partition coefficient (Wildman–Crippen LogP) is 4.84. The smallest absolute Gasteiger partial charge is 0.266 e. The van der Waals surface area contributed by atoms with Gasteiger partial charge in [-0.25, -0.2) is 0 Å². The number of benzene rings is 2. The standard InChI is InChI=1S/C23H26N2O4S/c1-4-5-7-16-19(20-17(28-2)8-6-9-18(20)29-3)21(26)22(23(27)25-16)30-15-12-10-14(24)11-13-15/h6,8-13H,4-5,7,24H2,1-3H3,(H2,25,26,27). The number of rotatable bonds is 8. The first-order valence-electron chi connectivity index (χ1n) is 9.73. The van der Waals surface area contributed by atoms with Gasteiger partial charge < -0.3 is 25.3 Å². The van der Waals surface area contributed by atoms with Crippen molar-refractivity contribution in [1.82, 2.24) is 4.98 Å². The summed E-state index contributed by atoms with van der Waals surface area (Å²) in [6.45, 7) is 2.08. The number of pyridine rings is 1. The highest BCUT2D eigenvalue weighted by Gasteiger charge is 2.24. The van der Waals surface area contributed by atoms with E-state index in [-0.39, 0.29) is 16.2 Å². The third-order valence-corrected chi connectivity index (χ3v) is 5.87. The van der Waals surface area contributed by atoms with Crippen LogP contribution in [-0.2, 0) is 6.42 Å². The maximum absolute atomic E-state index is 12.9. The second kappa shape index (κ2) is 9.63. The zero-order valence-electron chi connectivity index (χ0n) is 17.3. The molecule has 0 radical (unpaired) electrons. The van der Waals surface area contributed by atoms with Crippen LogP contribution in [0.4, 0.5) is 5.69 Å². The number of unbranched alkanes of at least 4 members (excludes halogenated alkanes) is 1. The third-order valence-electron chi connectivity index (χ3n) is 4.78. The highest BCUT2D eigenvalue weighted by atomic mass is 32.2. The number of ether oxygens (including phenoxy) is 2. The van der Waals surface area contributed by atoms with Gasteiger partial charge in [0.2, 0.25) is 0 Å². The van der Waals surface area contributed by atoms with E-state index in [1.54, 1.807) is 38.5 Å². The average molecular weight is 427 g/mol. The molecule has 2 aromatic carbocycles. The summed E-state index contributed by atoms with van der Waals surface area (Å²) in [7, 11) is 3.13. The Kier molecular flexibility index (Phi) is 6.95. The number of anilines is 1. The summed E-state index contributed by atoms with van der Waals surface area (Å²) >= 11 is 1.19. The normalized spacial score (nSPS) is 10.8. The van der Waals surface area contributed by atoms with Gasteiger partial charge in [-0.05, 0) is 49.2 Å². The Morgan fingerprint density at radius 1 is 1.03 bits per heavy atom. The van der Waals surface area contributed by atoms with Crippen molar-refractivity contribution in [1.29, 1.82) is 0 Å². The molecule has 3 aromatic rings. The molecule has 0 bridgehead atoms. The van der Waals surface area contributed by atoms with Gasteiger partial charge in [-0.1, -0.05) is 31.2 Å². The van der Waals surface area contributed by atoms with Crippen LogP contribution < -0.4 is 20.8 Å². The van der Waals surface area contributed by atoms with Crippen molar-refractivity contribution in [3.05, 3.63) is 58.5 Å². The number of nitrogens with one attached hydrogen (secondary N) is 1. The Labute approximate surface area is 180 Å². The molecule has 0 aliphatic carbocycles. The fraction of sp³-hybridized carbons (Fsp3) is 0.261. The number of nitrogen functional groups attached to an aromatic ring is 1. The Morgan fingerprint density at radius 2 is 1.67 bits per heavy atom. The SMILES string of the molecule is CCCCc1[nH]c(=O)c(Sc2ccc(N)cc2)c(O)c1-c1c(OC)cccc1OC. The summed E-state index contributed by atoms with van der Waals surface area (Å²) in [6, 6.07) is 12.6. The van der Waals surface area contributed by atoms with E-state index in [0.717, 1.165) is 17.7 Å². The molecule has 158 valence electrons. The third kappa shape index (κ3) is 4.41. The summed E-state index contributed by atoms with van der Waals surface area (Å²) in [5.74, 6) is 1.02. The van der Waals surface area contributed by atoms with Crippen molar-refractivity contribution in [3.8, 4) is 28.4 Å². The highest BCUT2D eigenvalue weighted by molar-refractivity contribution is 7.99. The van der Waals surface area contributed by atoms with Crippen LogP contribution >= 0.6 is 11.8 Å². The number of aromatic hydroxyl groups is 1. The van der Waals surface area contributed by atoms with E-state index in [9.17, 15) is 9.90 Å². The average Bonchev–Trinajstić information content (AvgIpc) is 2.76. The summed E-state index contributed by atoms with van der Waals surface area (Å²) in [5, 5.41) is 11.3. The van der Waals surface area contributed by atoms with Gasteiger partial charge >= 0.3 is 0 Å². The fourth-order valence-electron chi connectivity index (χ4n) is 3.28. The number of H-pyrrole nitrogens is 1. The molecular formula is C23H26N2O4S. The maximum Gasteiger partial charge on any atom is 0.266 e. The molecule has 1 heterocycles. The van der Waals surface area contributed by atoms with Crippen molar-refractivity contribution in [2.75, 3.05) is 20.0 Å². The van der Waals surface area contributed by atoms with Crippen molar-refractivity contribution < 1.29 is 14.6 Å². The van der Waals surface area contributed by atoms with E-state index in [4.69, 9.17) is 15.2 Å². The molecule has 0 spiro atoms. The van der Waals surface area contributed by atoms with E-state index >= 15 is 0 Å². The summed E-state index contributed by atoms with van der Waals surface area (Å²) in [5.41, 5.74) is 7.84. The Bertz CT molecular complexity index is 1060. The number of aromatic amines is 1.